The fourth-order valence-corrected chi connectivity index (χ4v) is 3.90. The fourth-order valence-electron chi connectivity index (χ4n) is 3.90. The highest BCUT2D eigenvalue weighted by Gasteiger charge is 2.42. The van der Waals surface area contributed by atoms with Gasteiger partial charge in [0.1, 0.15) is 0 Å². The van der Waals surface area contributed by atoms with Crippen LogP contribution in [0.4, 0.5) is 4.79 Å². The number of amides is 2. The Morgan fingerprint density at radius 2 is 2.24 bits per heavy atom. The quantitative estimate of drug-likeness (QED) is 0.708. The number of nitrogens with one attached hydrogen (secondary N) is 2. The van der Waals surface area contributed by atoms with Gasteiger partial charge in [0.05, 0.1) is 18.2 Å². The first-order chi connectivity index (χ1) is 10.2. The molecule has 1 saturated carbocycles. The Bertz CT molecular complexity index is 371. The molecule has 0 aromatic heterocycles. The Morgan fingerprint density at radius 1 is 1.38 bits per heavy atom. The van der Waals surface area contributed by atoms with Crippen LogP contribution in [0.3, 0.4) is 0 Å². The van der Waals surface area contributed by atoms with Crippen molar-refractivity contribution in [2.75, 3.05) is 19.8 Å². The Kier molecular flexibility index (Phi) is 4.69. The van der Waals surface area contributed by atoms with Crippen LogP contribution in [0.5, 0.6) is 0 Å². The van der Waals surface area contributed by atoms with Crippen molar-refractivity contribution < 1.29 is 14.3 Å². The second-order valence-electron chi connectivity index (χ2n) is 6.84. The summed E-state index contributed by atoms with van der Waals surface area (Å²) in [5.41, 5.74) is 0.275. The van der Waals surface area contributed by atoms with Gasteiger partial charge >= 0.3 is 6.03 Å². The minimum absolute atomic E-state index is 0.0289. The molecular formula is C16H28N2O3. The highest BCUT2D eigenvalue weighted by atomic mass is 16.5. The highest BCUT2D eigenvalue weighted by Crippen LogP contribution is 2.43. The van der Waals surface area contributed by atoms with Crippen molar-refractivity contribution in [2.24, 2.45) is 5.41 Å². The zero-order valence-corrected chi connectivity index (χ0v) is 13.0. The van der Waals surface area contributed by atoms with Crippen molar-refractivity contribution in [3.63, 3.8) is 0 Å². The van der Waals surface area contributed by atoms with Gasteiger partial charge in [-0.3, -0.25) is 0 Å². The average Bonchev–Trinajstić information content (AvgIpc) is 3.03. The smallest absolute Gasteiger partial charge is 0.315 e. The molecule has 0 spiro atoms. The van der Waals surface area contributed by atoms with Crippen molar-refractivity contribution in [3.05, 3.63) is 0 Å². The minimum Gasteiger partial charge on any atom is -0.382 e. The summed E-state index contributed by atoms with van der Waals surface area (Å²) < 4.78 is 11.2. The summed E-state index contributed by atoms with van der Waals surface area (Å²) in [6.07, 6.45) is 8.59. The average molecular weight is 296 g/mol. The third-order valence-electron chi connectivity index (χ3n) is 5.44. The second kappa shape index (κ2) is 6.53. The molecule has 0 unspecified atom stereocenters. The molecule has 2 bridgehead atoms. The molecule has 3 atom stereocenters. The molecule has 1 aliphatic carbocycles. The summed E-state index contributed by atoms with van der Waals surface area (Å²) in [6.45, 7) is 4.37. The standard InChI is InChI=1S/C16H28N2O3/c1-2-20-9-8-16(6-3-7-16)11-17-15(19)18-13-10-12-4-5-14(13)21-12/h12-14H,2-11H2,1H3,(H2,17,18,19)/t12-,13+,14-/m0/s1. The molecule has 5 heteroatoms. The summed E-state index contributed by atoms with van der Waals surface area (Å²) in [5.74, 6) is 0. The van der Waals surface area contributed by atoms with Gasteiger partial charge in [-0.1, -0.05) is 6.42 Å². The van der Waals surface area contributed by atoms with Crippen LogP contribution < -0.4 is 10.6 Å². The molecule has 5 nitrogen and oxygen atoms in total. The van der Waals surface area contributed by atoms with Crippen LogP contribution in [-0.2, 0) is 9.47 Å². The lowest BCUT2D eigenvalue weighted by Crippen LogP contribution is -2.50. The van der Waals surface area contributed by atoms with Gasteiger partial charge in [0, 0.05) is 19.8 Å². The van der Waals surface area contributed by atoms with E-state index < -0.39 is 0 Å². The number of rotatable bonds is 7. The second-order valence-corrected chi connectivity index (χ2v) is 6.84. The van der Waals surface area contributed by atoms with E-state index in [0.717, 1.165) is 45.4 Å². The zero-order chi connectivity index (χ0) is 14.7. The topological polar surface area (TPSA) is 59.6 Å². The maximum Gasteiger partial charge on any atom is 0.315 e. The number of carbonyl (C=O) groups is 1. The highest BCUT2D eigenvalue weighted by molar-refractivity contribution is 5.74. The number of hydrogen-bond donors (Lipinski definition) is 2. The SMILES string of the molecule is CCOCCC1(CNC(=O)N[C@@H]2C[C@@H]3CC[C@@H]2O3)CCC1. The Hall–Kier alpha value is -0.810. The number of ether oxygens (including phenoxy) is 2. The predicted octanol–water partition coefficient (Wildman–Crippen LogP) is 2.20. The van der Waals surface area contributed by atoms with E-state index in [2.05, 4.69) is 10.6 Å². The summed E-state index contributed by atoms with van der Waals surface area (Å²) in [7, 11) is 0. The maximum absolute atomic E-state index is 12.1. The lowest BCUT2D eigenvalue weighted by atomic mass is 9.67. The lowest BCUT2D eigenvalue weighted by Gasteiger charge is -2.42. The molecule has 3 fully saturated rings. The Morgan fingerprint density at radius 3 is 2.81 bits per heavy atom. The monoisotopic (exact) mass is 296 g/mol. The molecule has 21 heavy (non-hydrogen) atoms. The van der Waals surface area contributed by atoms with Gasteiger partial charge in [-0.15, -0.1) is 0 Å². The third-order valence-corrected chi connectivity index (χ3v) is 5.44. The van der Waals surface area contributed by atoms with E-state index >= 15 is 0 Å². The van der Waals surface area contributed by atoms with E-state index in [9.17, 15) is 4.79 Å². The lowest BCUT2D eigenvalue weighted by molar-refractivity contribution is 0.0555. The van der Waals surface area contributed by atoms with E-state index in [-0.39, 0.29) is 23.6 Å². The van der Waals surface area contributed by atoms with E-state index in [1.165, 1.54) is 19.3 Å². The first-order valence-corrected chi connectivity index (χ1v) is 8.48. The Labute approximate surface area is 127 Å². The third kappa shape index (κ3) is 3.51. The molecule has 2 N–H and O–H groups in total. The van der Waals surface area contributed by atoms with Gasteiger partial charge in [0.2, 0.25) is 0 Å². The maximum atomic E-state index is 12.1. The molecule has 2 aliphatic heterocycles. The van der Waals surface area contributed by atoms with Gasteiger partial charge in [-0.05, 0) is 50.9 Å². The summed E-state index contributed by atoms with van der Waals surface area (Å²) in [5, 5.41) is 6.17. The first-order valence-electron chi connectivity index (χ1n) is 8.48. The Balaban J connectivity index is 1.38. The molecule has 120 valence electrons. The fraction of sp³-hybridized carbons (Fsp3) is 0.938. The van der Waals surface area contributed by atoms with Crippen LogP contribution in [0.1, 0.15) is 51.9 Å². The first kappa shape index (κ1) is 15.1. The number of carbonyl (C=O) groups excluding carboxylic acids is 1. The normalized spacial score (nSPS) is 32.7. The predicted molar refractivity (Wildman–Crippen MR) is 80.2 cm³/mol. The molecule has 2 heterocycles. The summed E-state index contributed by atoms with van der Waals surface area (Å²) in [4.78, 5) is 12.1. The molecule has 2 amide bonds. The van der Waals surface area contributed by atoms with Gasteiger partial charge in [0.25, 0.3) is 0 Å². The minimum atomic E-state index is -0.0289. The summed E-state index contributed by atoms with van der Waals surface area (Å²) >= 11 is 0. The van der Waals surface area contributed by atoms with Crippen LogP contribution in [0.15, 0.2) is 0 Å². The largest absolute Gasteiger partial charge is 0.382 e. The molecule has 0 aromatic rings. The van der Waals surface area contributed by atoms with Crippen LogP contribution >= 0.6 is 0 Å². The van der Waals surface area contributed by atoms with Gasteiger partial charge in [0.15, 0.2) is 0 Å². The van der Waals surface area contributed by atoms with Crippen LogP contribution in [0.25, 0.3) is 0 Å². The van der Waals surface area contributed by atoms with E-state index in [1.54, 1.807) is 0 Å². The van der Waals surface area contributed by atoms with Crippen molar-refractivity contribution in [2.45, 2.75) is 70.1 Å². The van der Waals surface area contributed by atoms with E-state index in [1.807, 2.05) is 6.92 Å². The molecule has 0 radical (unpaired) electrons. The number of urea groups is 1. The molecule has 3 aliphatic rings. The van der Waals surface area contributed by atoms with Crippen molar-refractivity contribution >= 4 is 6.03 Å². The van der Waals surface area contributed by atoms with Crippen LogP contribution in [0, 0.1) is 5.41 Å². The molecule has 0 aromatic carbocycles. The van der Waals surface area contributed by atoms with Crippen LogP contribution in [0.2, 0.25) is 0 Å². The van der Waals surface area contributed by atoms with E-state index in [4.69, 9.17) is 9.47 Å². The van der Waals surface area contributed by atoms with Crippen LogP contribution in [-0.4, -0.2) is 44.0 Å². The molecule has 3 rings (SSSR count). The van der Waals surface area contributed by atoms with Gasteiger partial charge in [-0.25, -0.2) is 4.79 Å². The van der Waals surface area contributed by atoms with Crippen molar-refractivity contribution in [1.82, 2.24) is 10.6 Å². The van der Waals surface area contributed by atoms with E-state index in [0.29, 0.717) is 6.10 Å². The summed E-state index contributed by atoms with van der Waals surface area (Å²) in [6, 6.07) is 0.184. The number of hydrogen-bond acceptors (Lipinski definition) is 3. The van der Waals surface area contributed by atoms with Crippen molar-refractivity contribution in [3.8, 4) is 0 Å². The van der Waals surface area contributed by atoms with Crippen molar-refractivity contribution in [1.29, 1.82) is 0 Å². The zero-order valence-electron chi connectivity index (χ0n) is 13.0. The van der Waals surface area contributed by atoms with Gasteiger partial charge in [-0.2, -0.15) is 0 Å². The molecular weight excluding hydrogens is 268 g/mol. The molecule has 2 saturated heterocycles. The van der Waals surface area contributed by atoms with Gasteiger partial charge < -0.3 is 20.1 Å². The number of fused-ring (bicyclic) bond motifs is 2.